The summed E-state index contributed by atoms with van der Waals surface area (Å²) in [7, 11) is 0. The molecule has 0 fully saturated rings. The van der Waals surface area contributed by atoms with Crippen LogP contribution in [0.5, 0.6) is 0 Å². The second-order valence-corrected chi connectivity index (χ2v) is 7.55. The molecule has 218 valence electrons. The molecule has 0 rings (SSSR count). The van der Waals surface area contributed by atoms with E-state index < -0.39 is 105 Å². The first-order chi connectivity index (χ1) is 16.9. The summed E-state index contributed by atoms with van der Waals surface area (Å²) in [6.45, 7) is -5.79. The zero-order valence-corrected chi connectivity index (χ0v) is 20.0. The monoisotopic (exact) mass is 559 g/mol. The van der Waals surface area contributed by atoms with Crippen LogP contribution < -0.4 is 6.15 Å². The van der Waals surface area contributed by atoms with Crippen molar-refractivity contribution in [2.45, 2.75) is 0 Å². The lowest BCUT2D eigenvalue weighted by Gasteiger charge is -2.32. The summed E-state index contributed by atoms with van der Waals surface area (Å²) < 4.78 is -1.07. The fraction of sp³-hybridized carbons (Fsp3) is 0.556. The van der Waals surface area contributed by atoms with Gasteiger partial charge < -0.3 is 47.0 Å². The highest BCUT2D eigenvalue weighted by Crippen LogP contribution is 2.07. The number of hydrogen-bond acceptors (Lipinski definition) is 11. The van der Waals surface area contributed by atoms with E-state index in [-0.39, 0.29) is 19.2 Å². The molecule has 0 heterocycles. The normalized spacial score (nSPS) is 10.5. The number of carbonyl (C=O) groups is 8. The summed E-state index contributed by atoms with van der Waals surface area (Å²) in [5.74, 6) is -10.8. The summed E-state index contributed by atoms with van der Waals surface area (Å²) in [5.41, 5.74) is 0. The molecule has 0 aliphatic rings. The molecule has 0 bridgehead atoms. The van der Waals surface area contributed by atoms with Gasteiger partial charge in [-0.25, -0.2) is 19.2 Å². The third-order valence-corrected chi connectivity index (χ3v) is 4.05. The fourth-order valence-corrected chi connectivity index (χ4v) is 2.96. The van der Waals surface area contributed by atoms with Gasteiger partial charge in [-0.2, -0.15) is 0 Å². The molecule has 11 N–H and O–H groups in total. The maximum Gasteiger partial charge on any atom is 0.359 e. The van der Waals surface area contributed by atoms with Crippen molar-refractivity contribution in [3.8, 4) is 0 Å². The number of quaternary nitrogens is 1. The average molecular weight is 559 g/mol. The first-order valence-corrected chi connectivity index (χ1v) is 9.91. The van der Waals surface area contributed by atoms with Crippen molar-refractivity contribution in [1.29, 1.82) is 0 Å². The maximum absolute atomic E-state index is 10.6. The SMILES string of the molecule is N.O=C(O)CN(CCN(CC(=O)O)CC(=O)O)CC(=O)O.O=C(O)C[N+](CC(=O)O)(CC(=O)O)CC(=O)O. The van der Waals surface area contributed by atoms with E-state index in [4.69, 9.17) is 40.9 Å². The number of carboxylic acids is 8. The van der Waals surface area contributed by atoms with Gasteiger partial charge in [0, 0.05) is 13.1 Å². The Labute approximate surface area is 213 Å². The minimum atomic E-state index is -1.46. The molecule has 0 atom stereocenters. The first kappa shape index (κ1) is 38.1. The number of rotatable bonds is 19. The Hall–Kier alpha value is -4.40. The van der Waals surface area contributed by atoms with Gasteiger partial charge in [0.05, 0.1) is 26.2 Å². The second-order valence-electron chi connectivity index (χ2n) is 7.55. The van der Waals surface area contributed by atoms with Crippen LogP contribution in [0.25, 0.3) is 0 Å². The van der Waals surface area contributed by atoms with Gasteiger partial charge in [0.15, 0.2) is 26.2 Å². The number of aliphatic carboxylic acids is 8. The molecule has 0 saturated heterocycles. The van der Waals surface area contributed by atoms with Gasteiger partial charge in [-0.3, -0.25) is 33.5 Å². The quantitative estimate of drug-likeness (QED) is 0.0685. The lowest BCUT2D eigenvalue weighted by atomic mass is 10.3. The molecule has 38 heavy (non-hydrogen) atoms. The lowest BCUT2D eigenvalue weighted by molar-refractivity contribution is -0.900. The third-order valence-electron chi connectivity index (χ3n) is 4.05. The smallest absolute Gasteiger partial charge is 0.359 e. The van der Waals surface area contributed by atoms with Crippen LogP contribution in [-0.2, 0) is 38.4 Å². The van der Waals surface area contributed by atoms with Gasteiger partial charge in [-0.1, -0.05) is 0 Å². The van der Waals surface area contributed by atoms with E-state index in [0.29, 0.717) is 0 Å². The Morgan fingerprint density at radius 1 is 0.395 bits per heavy atom. The second kappa shape index (κ2) is 18.8. The lowest BCUT2D eigenvalue weighted by Crippen LogP contribution is -2.58. The fourth-order valence-electron chi connectivity index (χ4n) is 2.96. The molecular weight excluding hydrogens is 528 g/mol. The van der Waals surface area contributed by atoms with E-state index in [9.17, 15) is 38.4 Å². The molecule has 0 aromatic carbocycles. The first-order valence-electron chi connectivity index (χ1n) is 9.91. The highest BCUT2D eigenvalue weighted by molar-refractivity contribution is 5.75. The standard InChI is InChI=1S/C10H16N2O8.C8H11NO8.H3N/c13-7(14)3-11(4-8(15)16)1-2-12(5-9(17)18)6-10(19)20;10-5(11)1-9(2-6(12)13,3-7(14)15)4-8(16)17;/h1-6H2,(H,13,14)(H,15,16)(H,17,18)(H,19,20);1-4H2,(H3-,10,11,12,13,14,15,16,17);1H3/p+1. The van der Waals surface area contributed by atoms with Gasteiger partial charge in [0.25, 0.3) is 0 Å². The van der Waals surface area contributed by atoms with E-state index in [1.54, 1.807) is 0 Å². The van der Waals surface area contributed by atoms with Crippen molar-refractivity contribution in [1.82, 2.24) is 16.0 Å². The molecule has 0 aliphatic carbocycles. The molecule has 0 aromatic rings. The van der Waals surface area contributed by atoms with Crippen molar-refractivity contribution in [2.24, 2.45) is 0 Å². The van der Waals surface area contributed by atoms with Gasteiger partial charge in [0.1, 0.15) is 0 Å². The predicted octanol–water partition coefficient (Wildman–Crippen LogP) is -3.77. The average Bonchev–Trinajstić information content (AvgIpc) is 2.61. The zero-order valence-electron chi connectivity index (χ0n) is 20.0. The molecule has 0 saturated carbocycles. The topological polar surface area (TPSA) is 340 Å². The highest BCUT2D eigenvalue weighted by Gasteiger charge is 2.38. The van der Waals surface area contributed by atoms with Crippen LogP contribution in [0.4, 0.5) is 0 Å². The molecule has 0 aliphatic heterocycles. The van der Waals surface area contributed by atoms with Crippen LogP contribution in [0.1, 0.15) is 0 Å². The highest BCUT2D eigenvalue weighted by atomic mass is 16.4. The van der Waals surface area contributed by atoms with Gasteiger partial charge in [-0.15, -0.1) is 0 Å². The van der Waals surface area contributed by atoms with Crippen LogP contribution in [0.15, 0.2) is 0 Å². The summed E-state index contributed by atoms with van der Waals surface area (Å²) in [4.78, 5) is 86.6. The summed E-state index contributed by atoms with van der Waals surface area (Å²) in [6.07, 6.45) is 0. The third kappa shape index (κ3) is 22.1. The van der Waals surface area contributed by atoms with E-state index in [1.807, 2.05) is 0 Å². The van der Waals surface area contributed by atoms with Gasteiger partial charge >= 0.3 is 47.8 Å². The van der Waals surface area contributed by atoms with Crippen LogP contribution in [-0.4, -0.2) is 168 Å². The van der Waals surface area contributed by atoms with Crippen molar-refractivity contribution in [2.75, 3.05) is 65.4 Å². The molecule has 20 heteroatoms. The number of nitrogens with zero attached hydrogens (tertiary/aromatic N) is 3. The largest absolute Gasteiger partial charge is 0.480 e. The number of hydrogen-bond donors (Lipinski definition) is 9. The van der Waals surface area contributed by atoms with Crippen LogP contribution in [0, 0.1) is 0 Å². The van der Waals surface area contributed by atoms with Crippen molar-refractivity contribution < 1.29 is 83.7 Å². The van der Waals surface area contributed by atoms with Crippen LogP contribution in [0.2, 0.25) is 0 Å². The minimum absolute atomic E-state index is 0. The summed E-state index contributed by atoms with van der Waals surface area (Å²) in [5, 5.41) is 68.8. The summed E-state index contributed by atoms with van der Waals surface area (Å²) >= 11 is 0. The molecule has 0 spiro atoms. The van der Waals surface area contributed by atoms with Crippen molar-refractivity contribution in [3.63, 3.8) is 0 Å². The predicted molar refractivity (Wildman–Crippen MR) is 119 cm³/mol. The summed E-state index contributed by atoms with van der Waals surface area (Å²) in [6, 6.07) is 0. The van der Waals surface area contributed by atoms with E-state index >= 15 is 0 Å². The van der Waals surface area contributed by atoms with E-state index in [1.165, 1.54) is 0 Å². The van der Waals surface area contributed by atoms with Gasteiger partial charge in [0.2, 0.25) is 0 Å². The zero-order chi connectivity index (χ0) is 29.3. The Balaban J connectivity index is -0.000000636. The van der Waals surface area contributed by atoms with Crippen molar-refractivity contribution >= 4 is 47.8 Å². The molecule has 20 nitrogen and oxygen atoms in total. The Morgan fingerprint density at radius 3 is 0.711 bits per heavy atom. The Kier molecular flexibility index (Phi) is 18.9. The Morgan fingerprint density at radius 2 is 0.579 bits per heavy atom. The molecular formula is C18H31N4O16+. The maximum atomic E-state index is 10.6. The van der Waals surface area contributed by atoms with E-state index in [0.717, 1.165) is 9.80 Å². The number of carboxylic acid groups (broad SMARTS) is 8. The Bertz CT molecular complexity index is 739. The van der Waals surface area contributed by atoms with Gasteiger partial charge in [-0.05, 0) is 0 Å². The van der Waals surface area contributed by atoms with Crippen molar-refractivity contribution in [3.05, 3.63) is 0 Å². The van der Waals surface area contributed by atoms with Crippen LogP contribution >= 0.6 is 0 Å². The molecule has 0 aromatic heterocycles. The molecule has 0 unspecified atom stereocenters. The van der Waals surface area contributed by atoms with E-state index in [2.05, 4.69) is 0 Å². The van der Waals surface area contributed by atoms with Crippen LogP contribution in [0.3, 0.4) is 0 Å². The minimum Gasteiger partial charge on any atom is -0.480 e. The molecule has 0 radical (unpaired) electrons. The molecule has 0 amide bonds.